The fraction of sp³-hybridized carbons (Fsp3) is 0.529. The zero-order chi connectivity index (χ0) is 16.2. The van der Waals surface area contributed by atoms with Gasteiger partial charge in [0.2, 0.25) is 0 Å². The Morgan fingerprint density at radius 1 is 1.36 bits per heavy atom. The molecule has 120 valence electrons. The van der Waals surface area contributed by atoms with Crippen LogP contribution in [-0.2, 0) is 4.74 Å². The summed E-state index contributed by atoms with van der Waals surface area (Å²) in [7, 11) is 0. The van der Waals surface area contributed by atoms with Crippen molar-refractivity contribution in [2.75, 3.05) is 13.1 Å². The molecule has 22 heavy (non-hydrogen) atoms. The summed E-state index contributed by atoms with van der Waals surface area (Å²) in [4.78, 5) is 18.1. The summed E-state index contributed by atoms with van der Waals surface area (Å²) >= 11 is 3.38. The summed E-state index contributed by atoms with van der Waals surface area (Å²) in [5, 5.41) is 0. The lowest BCUT2D eigenvalue weighted by molar-refractivity contribution is 0.0197. The number of halogens is 1. The van der Waals surface area contributed by atoms with Crippen LogP contribution in [-0.4, -0.2) is 34.7 Å². The molecule has 0 bridgehead atoms. The normalized spacial score (nSPS) is 17.0. The summed E-state index contributed by atoms with van der Waals surface area (Å²) in [5.74, 6) is 0.490. The first-order valence-electron chi connectivity index (χ1n) is 7.61. The minimum atomic E-state index is -0.429. The third-order valence-corrected chi connectivity index (χ3v) is 3.95. The van der Waals surface area contributed by atoms with Crippen molar-refractivity contribution in [3.8, 4) is 0 Å². The first-order valence-corrected chi connectivity index (χ1v) is 8.40. The van der Waals surface area contributed by atoms with Gasteiger partial charge in [0.25, 0.3) is 0 Å². The molecule has 1 aliphatic rings. The third kappa shape index (κ3) is 5.44. The van der Waals surface area contributed by atoms with Gasteiger partial charge in [0, 0.05) is 23.8 Å². The Kier molecular flexibility index (Phi) is 5.62. The van der Waals surface area contributed by atoms with Gasteiger partial charge in [-0.25, -0.2) is 4.79 Å². The van der Waals surface area contributed by atoms with Crippen LogP contribution in [0.4, 0.5) is 4.79 Å². The number of carbonyl (C=O) groups excluding carboxylic acids is 1. The zero-order valence-electron chi connectivity index (χ0n) is 13.4. The van der Waals surface area contributed by atoms with E-state index in [1.54, 1.807) is 11.1 Å². The molecule has 1 aromatic rings. The SMILES string of the molecule is CC(C)(C)OC(=O)N1CCC(C=Cc2ccc(Br)cn2)CC1. The Hall–Kier alpha value is -1.36. The molecule has 0 spiro atoms. The van der Waals surface area contributed by atoms with Gasteiger partial charge in [-0.15, -0.1) is 0 Å². The van der Waals surface area contributed by atoms with E-state index in [1.807, 2.05) is 32.9 Å². The summed E-state index contributed by atoms with van der Waals surface area (Å²) < 4.78 is 6.39. The second-order valence-corrected chi connectivity index (χ2v) is 7.48. The molecule has 0 unspecified atom stereocenters. The van der Waals surface area contributed by atoms with E-state index in [2.05, 4.69) is 33.1 Å². The molecule has 1 aliphatic heterocycles. The quantitative estimate of drug-likeness (QED) is 0.773. The number of rotatable bonds is 2. The van der Waals surface area contributed by atoms with Gasteiger partial charge in [-0.2, -0.15) is 0 Å². The van der Waals surface area contributed by atoms with Gasteiger partial charge in [-0.3, -0.25) is 4.98 Å². The lowest BCUT2D eigenvalue weighted by Gasteiger charge is -2.32. The van der Waals surface area contributed by atoms with Crippen LogP contribution >= 0.6 is 15.9 Å². The van der Waals surface area contributed by atoms with E-state index in [-0.39, 0.29) is 6.09 Å². The van der Waals surface area contributed by atoms with Crippen molar-refractivity contribution in [3.63, 3.8) is 0 Å². The molecular formula is C17H23BrN2O2. The van der Waals surface area contributed by atoms with Gasteiger partial charge >= 0.3 is 6.09 Å². The number of aromatic nitrogens is 1. The number of carbonyl (C=O) groups is 1. The predicted molar refractivity (Wildman–Crippen MR) is 91.5 cm³/mol. The van der Waals surface area contributed by atoms with Crippen LogP contribution in [0.5, 0.6) is 0 Å². The summed E-state index contributed by atoms with van der Waals surface area (Å²) in [6.07, 6.45) is 7.77. The lowest BCUT2D eigenvalue weighted by atomic mass is 9.96. The van der Waals surface area contributed by atoms with E-state index in [0.717, 1.165) is 36.1 Å². The van der Waals surface area contributed by atoms with Crippen LogP contribution in [0.25, 0.3) is 6.08 Å². The fourth-order valence-electron chi connectivity index (χ4n) is 2.32. The van der Waals surface area contributed by atoms with Gasteiger partial charge in [-0.05, 0) is 73.7 Å². The first-order chi connectivity index (χ1) is 10.3. The van der Waals surface area contributed by atoms with Crippen molar-refractivity contribution < 1.29 is 9.53 Å². The number of nitrogens with zero attached hydrogens (tertiary/aromatic N) is 2. The van der Waals surface area contributed by atoms with Gasteiger partial charge in [0.05, 0.1) is 5.69 Å². The average Bonchev–Trinajstić information content (AvgIpc) is 2.45. The number of piperidine rings is 1. The van der Waals surface area contributed by atoms with Crippen LogP contribution in [0.3, 0.4) is 0 Å². The highest BCUT2D eigenvalue weighted by molar-refractivity contribution is 9.10. The first kappa shape index (κ1) is 17.0. The van der Waals surface area contributed by atoms with Crippen LogP contribution in [0.15, 0.2) is 28.9 Å². The number of likely N-dealkylation sites (tertiary alicyclic amines) is 1. The molecule has 1 fully saturated rings. The number of hydrogen-bond acceptors (Lipinski definition) is 3. The number of pyridine rings is 1. The molecule has 1 saturated heterocycles. The molecule has 0 saturated carbocycles. The fourth-order valence-corrected chi connectivity index (χ4v) is 2.56. The molecule has 0 atom stereocenters. The van der Waals surface area contributed by atoms with Gasteiger partial charge in [0.1, 0.15) is 5.60 Å². The Labute approximate surface area is 140 Å². The van der Waals surface area contributed by atoms with E-state index in [1.165, 1.54) is 0 Å². The van der Waals surface area contributed by atoms with Crippen molar-refractivity contribution in [1.29, 1.82) is 0 Å². The summed E-state index contributed by atoms with van der Waals surface area (Å²) in [5.41, 5.74) is 0.527. The minimum Gasteiger partial charge on any atom is -0.444 e. The topological polar surface area (TPSA) is 42.4 Å². The third-order valence-electron chi connectivity index (χ3n) is 3.48. The van der Waals surface area contributed by atoms with Crippen molar-refractivity contribution in [2.45, 2.75) is 39.2 Å². The maximum Gasteiger partial charge on any atom is 0.410 e. The van der Waals surface area contributed by atoms with Crippen molar-refractivity contribution in [2.24, 2.45) is 5.92 Å². The highest BCUT2D eigenvalue weighted by Crippen LogP contribution is 2.21. The van der Waals surface area contributed by atoms with E-state index in [4.69, 9.17) is 4.74 Å². The molecule has 0 aromatic carbocycles. The van der Waals surface area contributed by atoms with Crippen molar-refractivity contribution in [3.05, 3.63) is 34.6 Å². The largest absolute Gasteiger partial charge is 0.444 e. The average molecular weight is 367 g/mol. The van der Waals surface area contributed by atoms with Crippen LogP contribution in [0, 0.1) is 5.92 Å². The van der Waals surface area contributed by atoms with E-state index in [9.17, 15) is 4.79 Å². The van der Waals surface area contributed by atoms with Crippen molar-refractivity contribution in [1.82, 2.24) is 9.88 Å². The number of ether oxygens (including phenoxy) is 1. The maximum absolute atomic E-state index is 12.0. The Balaban J connectivity index is 1.82. The van der Waals surface area contributed by atoms with Crippen molar-refractivity contribution >= 4 is 28.1 Å². The molecule has 2 heterocycles. The highest BCUT2D eigenvalue weighted by atomic mass is 79.9. The Bertz CT molecular complexity index is 527. The molecule has 4 nitrogen and oxygen atoms in total. The molecule has 0 radical (unpaired) electrons. The Morgan fingerprint density at radius 2 is 2.05 bits per heavy atom. The molecule has 2 rings (SSSR count). The number of amides is 1. The standard InChI is InChI=1S/C17H23BrN2O2/c1-17(2,3)22-16(21)20-10-8-13(9-11-20)4-6-15-7-5-14(18)12-19-15/h4-7,12-13H,8-11H2,1-3H3. The van der Waals surface area contributed by atoms with Gasteiger partial charge < -0.3 is 9.64 Å². The number of hydrogen-bond donors (Lipinski definition) is 0. The van der Waals surface area contributed by atoms with E-state index in [0.29, 0.717) is 5.92 Å². The van der Waals surface area contributed by atoms with Crippen LogP contribution < -0.4 is 0 Å². The molecule has 0 aliphatic carbocycles. The Morgan fingerprint density at radius 3 is 2.59 bits per heavy atom. The predicted octanol–water partition coefficient (Wildman–Crippen LogP) is 4.50. The maximum atomic E-state index is 12.0. The molecule has 0 N–H and O–H groups in total. The second-order valence-electron chi connectivity index (χ2n) is 6.57. The second kappa shape index (κ2) is 7.27. The minimum absolute atomic E-state index is 0.204. The monoisotopic (exact) mass is 366 g/mol. The molecule has 5 heteroatoms. The summed E-state index contributed by atoms with van der Waals surface area (Å²) in [6, 6.07) is 3.97. The smallest absolute Gasteiger partial charge is 0.410 e. The zero-order valence-corrected chi connectivity index (χ0v) is 15.0. The van der Waals surface area contributed by atoms with Gasteiger partial charge in [0.15, 0.2) is 0 Å². The van der Waals surface area contributed by atoms with Gasteiger partial charge in [-0.1, -0.05) is 6.08 Å². The van der Waals surface area contributed by atoms with Crippen LogP contribution in [0.2, 0.25) is 0 Å². The summed E-state index contributed by atoms with van der Waals surface area (Å²) in [6.45, 7) is 7.18. The highest BCUT2D eigenvalue weighted by Gasteiger charge is 2.25. The number of allylic oxidation sites excluding steroid dienone is 1. The molecule has 1 amide bonds. The van der Waals surface area contributed by atoms with E-state index >= 15 is 0 Å². The molecular weight excluding hydrogens is 344 g/mol. The molecule has 1 aromatic heterocycles. The van der Waals surface area contributed by atoms with E-state index < -0.39 is 5.60 Å². The lowest BCUT2D eigenvalue weighted by Crippen LogP contribution is -2.41. The van der Waals surface area contributed by atoms with Crippen LogP contribution in [0.1, 0.15) is 39.3 Å².